The van der Waals surface area contributed by atoms with Crippen LogP contribution in [0.4, 0.5) is 17.6 Å². The van der Waals surface area contributed by atoms with Gasteiger partial charge < -0.3 is 4.98 Å². The lowest BCUT2D eigenvalue weighted by molar-refractivity contribution is -0.185. The van der Waals surface area contributed by atoms with E-state index in [0.29, 0.717) is 11.3 Å². The molecule has 0 aromatic carbocycles. The molecule has 0 aliphatic carbocycles. The second-order valence-corrected chi connectivity index (χ2v) is 5.62. The van der Waals surface area contributed by atoms with Crippen LogP contribution >= 0.6 is 0 Å². The van der Waals surface area contributed by atoms with Crippen LogP contribution < -0.4 is 16.2 Å². The summed E-state index contributed by atoms with van der Waals surface area (Å²) in [5, 5.41) is 4.54. The van der Waals surface area contributed by atoms with Crippen molar-refractivity contribution in [3.63, 3.8) is 0 Å². The van der Waals surface area contributed by atoms with E-state index in [0.717, 1.165) is 0 Å². The first-order valence-corrected chi connectivity index (χ1v) is 7.00. The van der Waals surface area contributed by atoms with Gasteiger partial charge in [-0.1, -0.05) is 0 Å². The number of carbonyl (C=O) groups is 1. The number of ketones is 1. The number of Topliss-reactive ketones (excluding diaryl/α,β-unsaturated/α-hetero) is 1. The maximum absolute atomic E-state index is 13.9. The Hall–Kier alpha value is -1.74. The van der Waals surface area contributed by atoms with Crippen molar-refractivity contribution in [3.8, 4) is 0 Å². The standard InChI is InChI=1S/C14H17F4N3O2/c1-7-5-8(2)21-11(23)10(7)9(22)6-13(19-3-4-20-13)14(17,18)12(15)16/h5,12,19-20H,3-4,6H2,1-2H3,(H,21,23). The van der Waals surface area contributed by atoms with Gasteiger partial charge in [0.15, 0.2) is 5.78 Å². The van der Waals surface area contributed by atoms with E-state index in [-0.39, 0.29) is 18.7 Å². The van der Waals surface area contributed by atoms with Crippen LogP contribution in [0.15, 0.2) is 10.9 Å². The molecule has 0 atom stereocenters. The highest BCUT2D eigenvalue weighted by molar-refractivity contribution is 5.97. The Balaban J connectivity index is 2.39. The Bertz CT molecular complexity index is 666. The zero-order chi connectivity index (χ0) is 17.4. The number of aryl methyl sites for hydroxylation is 2. The van der Waals surface area contributed by atoms with Gasteiger partial charge in [0.2, 0.25) is 0 Å². The monoisotopic (exact) mass is 335 g/mol. The van der Waals surface area contributed by atoms with Gasteiger partial charge >= 0.3 is 12.3 Å². The topological polar surface area (TPSA) is 74.0 Å². The molecule has 5 nitrogen and oxygen atoms in total. The molecule has 0 radical (unpaired) electrons. The Morgan fingerprint density at radius 1 is 1.30 bits per heavy atom. The van der Waals surface area contributed by atoms with Gasteiger partial charge in [0, 0.05) is 25.2 Å². The molecule has 0 spiro atoms. The van der Waals surface area contributed by atoms with Crippen molar-refractivity contribution in [2.75, 3.05) is 13.1 Å². The highest BCUT2D eigenvalue weighted by Gasteiger charge is 2.62. The summed E-state index contributed by atoms with van der Waals surface area (Å²) in [4.78, 5) is 26.7. The summed E-state index contributed by atoms with van der Waals surface area (Å²) in [7, 11) is 0. The Morgan fingerprint density at radius 2 is 1.87 bits per heavy atom. The predicted molar refractivity (Wildman–Crippen MR) is 75.2 cm³/mol. The van der Waals surface area contributed by atoms with Crippen LogP contribution in [-0.2, 0) is 0 Å². The third-order valence-electron chi connectivity index (χ3n) is 3.89. The van der Waals surface area contributed by atoms with Crippen LogP contribution in [0.1, 0.15) is 28.0 Å². The Kier molecular flexibility index (Phi) is 4.63. The number of aromatic nitrogens is 1. The Labute approximate surface area is 129 Å². The fourth-order valence-electron chi connectivity index (χ4n) is 2.81. The fraction of sp³-hybridized carbons (Fsp3) is 0.571. The summed E-state index contributed by atoms with van der Waals surface area (Å²) < 4.78 is 53.4. The van der Waals surface area contributed by atoms with Crippen LogP contribution in [0.5, 0.6) is 0 Å². The first-order valence-electron chi connectivity index (χ1n) is 7.00. The largest absolute Gasteiger partial charge is 0.338 e. The summed E-state index contributed by atoms with van der Waals surface area (Å²) >= 11 is 0. The van der Waals surface area contributed by atoms with Crippen molar-refractivity contribution in [3.05, 3.63) is 33.2 Å². The number of H-pyrrole nitrogens is 1. The molecule has 1 fully saturated rings. The number of halogens is 4. The number of pyridine rings is 1. The molecule has 0 saturated carbocycles. The third-order valence-corrected chi connectivity index (χ3v) is 3.89. The molecular formula is C14H17F4N3O2. The van der Waals surface area contributed by atoms with E-state index in [4.69, 9.17) is 0 Å². The van der Waals surface area contributed by atoms with E-state index < -0.39 is 35.8 Å². The van der Waals surface area contributed by atoms with Gasteiger partial charge in [-0.15, -0.1) is 0 Å². The van der Waals surface area contributed by atoms with Gasteiger partial charge in [-0.25, -0.2) is 8.78 Å². The average molecular weight is 335 g/mol. The van der Waals surface area contributed by atoms with Crippen molar-refractivity contribution < 1.29 is 22.4 Å². The maximum Gasteiger partial charge on any atom is 0.338 e. The minimum absolute atomic E-state index is 0.0127. The molecule has 1 saturated heterocycles. The first-order chi connectivity index (χ1) is 10.6. The predicted octanol–water partition coefficient (Wildman–Crippen LogP) is 1.35. The Morgan fingerprint density at radius 3 is 2.35 bits per heavy atom. The molecule has 23 heavy (non-hydrogen) atoms. The summed E-state index contributed by atoms with van der Waals surface area (Å²) in [6.45, 7) is 3.12. The molecule has 1 aromatic heterocycles. The van der Waals surface area contributed by atoms with Crippen LogP contribution in [-0.4, -0.2) is 41.9 Å². The van der Waals surface area contributed by atoms with Crippen LogP contribution in [0.25, 0.3) is 0 Å². The van der Waals surface area contributed by atoms with E-state index in [1.54, 1.807) is 6.92 Å². The smallest absolute Gasteiger partial charge is 0.326 e. The molecule has 2 heterocycles. The number of nitrogens with one attached hydrogen (secondary N) is 3. The van der Waals surface area contributed by atoms with Crippen molar-refractivity contribution in [2.45, 2.75) is 38.3 Å². The molecule has 0 bridgehead atoms. The number of carbonyl (C=O) groups excluding carboxylic acids is 1. The van der Waals surface area contributed by atoms with E-state index >= 15 is 0 Å². The first kappa shape index (κ1) is 17.6. The SMILES string of the molecule is Cc1cc(C)c(C(=O)CC2(C(F)(F)C(F)F)NCCN2)c(=O)[nH]1. The summed E-state index contributed by atoms with van der Waals surface area (Å²) in [5.74, 6) is -5.39. The highest BCUT2D eigenvalue weighted by Crippen LogP contribution is 2.37. The van der Waals surface area contributed by atoms with E-state index in [1.165, 1.54) is 13.0 Å². The molecule has 0 amide bonds. The highest BCUT2D eigenvalue weighted by atomic mass is 19.3. The van der Waals surface area contributed by atoms with Gasteiger partial charge in [-0.3, -0.25) is 20.2 Å². The zero-order valence-electron chi connectivity index (χ0n) is 12.6. The molecule has 2 rings (SSSR count). The van der Waals surface area contributed by atoms with Gasteiger partial charge in [0.25, 0.3) is 5.56 Å². The third kappa shape index (κ3) is 3.02. The van der Waals surface area contributed by atoms with Crippen molar-refractivity contribution in [1.29, 1.82) is 0 Å². The van der Waals surface area contributed by atoms with E-state index in [1.807, 2.05) is 0 Å². The number of alkyl halides is 4. The molecule has 9 heteroatoms. The quantitative estimate of drug-likeness (QED) is 0.561. The molecule has 1 aliphatic rings. The molecule has 0 unspecified atom stereocenters. The second kappa shape index (κ2) is 6.04. The number of rotatable bonds is 5. The normalized spacial score (nSPS) is 17.7. The van der Waals surface area contributed by atoms with Gasteiger partial charge in [-0.05, 0) is 25.5 Å². The maximum atomic E-state index is 13.9. The van der Waals surface area contributed by atoms with Crippen molar-refractivity contribution in [1.82, 2.24) is 15.6 Å². The van der Waals surface area contributed by atoms with Crippen LogP contribution in [0.2, 0.25) is 0 Å². The van der Waals surface area contributed by atoms with Gasteiger partial charge in [0.1, 0.15) is 5.66 Å². The van der Waals surface area contributed by atoms with Gasteiger partial charge in [-0.2, -0.15) is 8.78 Å². The molecule has 1 aliphatic heterocycles. The molecule has 128 valence electrons. The van der Waals surface area contributed by atoms with Crippen molar-refractivity contribution in [2.24, 2.45) is 0 Å². The van der Waals surface area contributed by atoms with Gasteiger partial charge in [0.05, 0.1) is 5.56 Å². The minimum Gasteiger partial charge on any atom is -0.326 e. The van der Waals surface area contributed by atoms with Crippen LogP contribution in [0, 0.1) is 13.8 Å². The van der Waals surface area contributed by atoms with E-state index in [9.17, 15) is 27.2 Å². The second-order valence-electron chi connectivity index (χ2n) is 5.62. The lowest BCUT2D eigenvalue weighted by Gasteiger charge is -2.36. The summed E-state index contributed by atoms with van der Waals surface area (Å²) in [6.07, 6.45) is -4.91. The number of hydrogen-bond donors (Lipinski definition) is 3. The zero-order valence-corrected chi connectivity index (χ0v) is 12.6. The molecule has 1 aromatic rings. The summed E-state index contributed by atoms with van der Waals surface area (Å²) in [5.41, 5.74) is -2.77. The fourth-order valence-corrected chi connectivity index (χ4v) is 2.81. The van der Waals surface area contributed by atoms with Crippen LogP contribution in [0.3, 0.4) is 0 Å². The molecule has 3 N–H and O–H groups in total. The lowest BCUT2D eigenvalue weighted by Crippen LogP contribution is -2.66. The lowest BCUT2D eigenvalue weighted by atomic mass is 9.92. The number of hydrogen-bond acceptors (Lipinski definition) is 4. The average Bonchev–Trinajstić information content (AvgIpc) is 2.87. The molecular weight excluding hydrogens is 318 g/mol. The summed E-state index contributed by atoms with van der Waals surface area (Å²) in [6, 6.07) is 1.52. The number of aromatic amines is 1. The minimum atomic E-state index is -4.47. The van der Waals surface area contributed by atoms with Crippen molar-refractivity contribution >= 4 is 5.78 Å². The van der Waals surface area contributed by atoms with E-state index in [2.05, 4.69) is 15.6 Å².